The lowest BCUT2D eigenvalue weighted by molar-refractivity contribution is 1.15. The van der Waals surface area contributed by atoms with E-state index in [-0.39, 0.29) is 6.71 Å². The zero-order valence-electron chi connectivity index (χ0n) is 10.3. The van der Waals surface area contributed by atoms with Gasteiger partial charge in [0.1, 0.15) is 5.01 Å². The minimum atomic E-state index is 0.167. The first-order chi connectivity index (χ1) is 9.36. The van der Waals surface area contributed by atoms with E-state index in [1.807, 2.05) is 6.20 Å². The van der Waals surface area contributed by atoms with Crippen LogP contribution in [0.25, 0.3) is 16.3 Å². The fourth-order valence-corrected chi connectivity index (χ4v) is 3.03. The van der Waals surface area contributed by atoms with Gasteiger partial charge < -0.3 is 0 Å². The lowest BCUT2D eigenvalue weighted by Gasteiger charge is -2.11. The number of thiazole rings is 1. The molecule has 1 aliphatic heterocycles. The van der Waals surface area contributed by atoms with E-state index in [0.29, 0.717) is 0 Å². The number of allylic oxidation sites excluding steroid dienone is 2. The van der Waals surface area contributed by atoms with Crippen LogP contribution in [0.2, 0.25) is 12.6 Å². The Morgan fingerprint density at radius 2 is 2.11 bits per heavy atom. The standard InChI is InChI=1S/C13H11BN4S/c15-9-14-4-2-10(3-5-14)13-18-8-11(19-13)12-16-6-1-7-17-12/h1-2,6-8H,3-5H2. The van der Waals surface area contributed by atoms with Crippen LogP contribution in [-0.4, -0.2) is 21.7 Å². The third kappa shape index (κ3) is 2.56. The first-order valence-electron chi connectivity index (χ1n) is 6.19. The average molecular weight is 266 g/mol. The van der Waals surface area contributed by atoms with Gasteiger partial charge in [-0.05, 0) is 24.4 Å². The van der Waals surface area contributed by atoms with Crippen molar-refractivity contribution in [1.82, 2.24) is 15.0 Å². The molecule has 0 fully saturated rings. The normalized spacial score (nSPS) is 14.9. The van der Waals surface area contributed by atoms with E-state index in [2.05, 4.69) is 27.0 Å². The van der Waals surface area contributed by atoms with Crippen molar-refractivity contribution < 1.29 is 0 Å². The van der Waals surface area contributed by atoms with E-state index in [0.717, 1.165) is 34.8 Å². The fourth-order valence-electron chi connectivity index (χ4n) is 2.10. The van der Waals surface area contributed by atoms with Crippen molar-refractivity contribution in [3.63, 3.8) is 0 Å². The van der Waals surface area contributed by atoms with Gasteiger partial charge in [-0.2, -0.15) is 0 Å². The topological polar surface area (TPSA) is 62.5 Å². The van der Waals surface area contributed by atoms with Crippen LogP contribution >= 0.6 is 11.3 Å². The maximum atomic E-state index is 8.89. The molecule has 0 amide bonds. The summed E-state index contributed by atoms with van der Waals surface area (Å²) in [4.78, 5) is 13.9. The summed E-state index contributed by atoms with van der Waals surface area (Å²) < 4.78 is 0. The molecule has 1 aliphatic rings. The molecule has 6 heteroatoms. The van der Waals surface area contributed by atoms with Crippen molar-refractivity contribution in [3.8, 4) is 16.7 Å². The lowest BCUT2D eigenvalue weighted by Crippen LogP contribution is -2.12. The van der Waals surface area contributed by atoms with Crippen molar-refractivity contribution in [2.75, 3.05) is 0 Å². The second-order valence-electron chi connectivity index (χ2n) is 4.43. The molecule has 4 nitrogen and oxygen atoms in total. The SMILES string of the molecule is N#CB1CC=C(c2ncc(-c3ncccn3)s2)CC1. The Morgan fingerprint density at radius 1 is 1.26 bits per heavy atom. The molecular formula is C13H11BN4S. The fraction of sp³-hybridized carbons (Fsp3) is 0.231. The molecule has 2 aromatic heterocycles. The first kappa shape index (κ1) is 12.1. The zero-order chi connectivity index (χ0) is 13.1. The van der Waals surface area contributed by atoms with Gasteiger partial charge in [-0.25, -0.2) is 20.2 Å². The highest BCUT2D eigenvalue weighted by Crippen LogP contribution is 2.32. The van der Waals surface area contributed by atoms with Gasteiger partial charge in [0.25, 0.3) is 6.71 Å². The Hall–Kier alpha value is -2.00. The minimum absolute atomic E-state index is 0.167. The van der Waals surface area contributed by atoms with Crippen molar-refractivity contribution in [2.45, 2.75) is 19.1 Å². The molecule has 0 saturated heterocycles. The van der Waals surface area contributed by atoms with Gasteiger partial charge in [0.15, 0.2) is 5.82 Å². The molecule has 0 spiro atoms. The molecule has 0 aliphatic carbocycles. The summed E-state index contributed by atoms with van der Waals surface area (Å²) in [5.74, 6) is 3.05. The monoisotopic (exact) mass is 266 g/mol. The molecule has 0 aromatic carbocycles. The third-order valence-electron chi connectivity index (χ3n) is 3.16. The van der Waals surface area contributed by atoms with Gasteiger partial charge in [-0.1, -0.05) is 12.4 Å². The molecule has 3 rings (SSSR count). The molecule has 19 heavy (non-hydrogen) atoms. The summed E-state index contributed by atoms with van der Waals surface area (Å²) in [5, 5.41) is 9.92. The zero-order valence-corrected chi connectivity index (χ0v) is 11.1. The molecule has 3 heterocycles. The molecule has 92 valence electrons. The molecule has 0 atom stereocenters. The molecule has 0 N–H and O–H groups in total. The van der Waals surface area contributed by atoms with Crippen LogP contribution in [0.3, 0.4) is 0 Å². The summed E-state index contributed by atoms with van der Waals surface area (Å²) in [6, 6.07) is 1.80. The van der Waals surface area contributed by atoms with Crippen LogP contribution in [0.1, 0.15) is 11.4 Å². The molecule has 0 radical (unpaired) electrons. The predicted molar refractivity (Wildman–Crippen MR) is 76.7 cm³/mol. The Labute approximate surface area is 115 Å². The molecule has 2 aromatic rings. The second kappa shape index (κ2) is 5.33. The van der Waals surface area contributed by atoms with Gasteiger partial charge in [-0.15, -0.1) is 11.3 Å². The number of aromatic nitrogens is 3. The highest BCUT2D eigenvalue weighted by Gasteiger charge is 2.20. The van der Waals surface area contributed by atoms with Gasteiger partial charge in [0.2, 0.25) is 0 Å². The number of hydrogen-bond acceptors (Lipinski definition) is 5. The number of nitriles is 1. The largest absolute Gasteiger partial charge is 0.271 e. The quantitative estimate of drug-likeness (QED) is 0.784. The number of rotatable bonds is 2. The lowest BCUT2D eigenvalue weighted by atomic mass is 9.44. The maximum Gasteiger partial charge on any atom is 0.271 e. The summed E-state index contributed by atoms with van der Waals surface area (Å²) in [6.07, 6.45) is 10.1. The highest BCUT2D eigenvalue weighted by atomic mass is 32.1. The van der Waals surface area contributed by atoms with Crippen LogP contribution in [-0.2, 0) is 0 Å². The minimum Gasteiger partial charge on any atom is -0.244 e. The van der Waals surface area contributed by atoms with Crippen LogP contribution in [0.5, 0.6) is 0 Å². The van der Waals surface area contributed by atoms with Gasteiger partial charge in [-0.3, -0.25) is 0 Å². The predicted octanol–water partition coefficient (Wildman–Crippen LogP) is 2.94. The second-order valence-corrected chi connectivity index (χ2v) is 5.46. The third-order valence-corrected chi connectivity index (χ3v) is 4.23. The Kier molecular flexibility index (Phi) is 3.38. The van der Waals surface area contributed by atoms with Crippen molar-refractivity contribution in [3.05, 3.63) is 35.7 Å². The van der Waals surface area contributed by atoms with E-state index in [1.165, 1.54) is 5.57 Å². The molecule has 0 unspecified atom stereocenters. The molecule has 0 bridgehead atoms. The van der Waals surface area contributed by atoms with Crippen LogP contribution in [0.15, 0.2) is 30.7 Å². The van der Waals surface area contributed by atoms with Gasteiger partial charge >= 0.3 is 0 Å². The number of hydrogen-bond donors (Lipinski definition) is 0. The van der Waals surface area contributed by atoms with Gasteiger partial charge in [0.05, 0.1) is 4.88 Å². The number of nitrogens with zero attached hydrogens (tertiary/aromatic N) is 4. The molecule has 0 saturated carbocycles. The van der Waals surface area contributed by atoms with Crippen molar-refractivity contribution in [1.29, 1.82) is 5.26 Å². The average Bonchev–Trinajstić information content (AvgIpc) is 2.98. The van der Waals surface area contributed by atoms with Crippen molar-refractivity contribution >= 4 is 23.6 Å². The highest BCUT2D eigenvalue weighted by molar-refractivity contribution is 7.16. The van der Waals surface area contributed by atoms with E-state index in [1.54, 1.807) is 29.8 Å². The van der Waals surface area contributed by atoms with E-state index >= 15 is 0 Å². The summed E-state index contributed by atoms with van der Waals surface area (Å²) in [7, 11) is 0. The maximum absolute atomic E-state index is 8.89. The van der Waals surface area contributed by atoms with Gasteiger partial charge in [0, 0.05) is 24.6 Å². The van der Waals surface area contributed by atoms with E-state index < -0.39 is 0 Å². The summed E-state index contributed by atoms with van der Waals surface area (Å²) >= 11 is 1.61. The Balaban J connectivity index is 1.83. The van der Waals surface area contributed by atoms with E-state index in [9.17, 15) is 0 Å². The summed E-state index contributed by atoms with van der Waals surface area (Å²) in [5.41, 5.74) is 1.25. The molecular weight excluding hydrogens is 255 g/mol. The van der Waals surface area contributed by atoms with Crippen LogP contribution in [0.4, 0.5) is 0 Å². The summed E-state index contributed by atoms with van der Waals surface area (Å²) in [6.45, 7) is 0.167. The van der Waals surface area contributed by atoms with Crippen LogP contribution < -0.4 is 0 Å². The van der Waals surface area contributed by atoms with E-state index in [4.69, 9.17) is 5.26 Å². The first-order valence-corrected chi connectivity index (χ1v) is 7.00. The Morgan fingerprint density at radius 3 is 2.79 bits per heavy atom. The Bertz CT molecular complexity index is 644. The van der Waals surface area contributed by atoms with Crippen LogP contribution in [0, 0.1) is 11.2 Å². The van der Waals surface area contributed by atoms with Crippen molar-refractivity contribution in [2.24, 2.45) is 0 Å². The smallest absolute Gasteiger partial charge is 0.244 e.